The smallest absolute Gasteiger partial charge is 0.287 e. The van der Waals surface area contributed by atoms with Crippen LogP contribution in [-0.4, -0.2) is 39.6 Å². The van der Waals surface area contributed by atoms with Crippen molar-refractivity contribution in [2.45, 2.75) is 112 Å². The molecule has 0 rings (SSSR count). The lowest BCUT2D eigenvalue weighted by Gasteiger charge is -2.17. The van der Waals surface area contributed by atoms with Gasteiger partial charge in [-0.25, -0.2) is 9.13 Å². The Bertz CT molecular complexity index is 444. The number of unbranched alkanes of at least 4 members (excludes halogenated alkanes) is 5. The summed E-state index contributed by atoms with van der Waals surface area (Å²) < 4.78 is 55.7. The van der Waals surface area contributed by atoms with Crippen molar-refractivity contribution in [1.29, 1.82) is 0 Å². The standard InChI is InChI=1S/C12H27O4P.C11H25O4P/c1-4-7-10-14-17(13,15-11-8-5-2)16-12-9-6-3;1-4-7-10-14-16(12,13-9-6-3)15-11-8-5-2/h4-12H2,1-3H3;4-11H2,1-3H3. The van der Waals surface area contributed by atoms with Gasteiger partial charge in [0.15, 0.2) is 0 Å². The van der Waals surface area contributed by atoms with Gasteiger partial charge in [-0.3, -0.25) is 27.1 Å². The molecule has 0 heterocycles. The number of hydrogen-bond acceptors (Lipinski definition) is 8. The maximum absolute atomic E-state index is 12.2. The minimum atomic E-state index is -3.31. The third kappa shape index (κ3) is 23.7. The Morgan fingerprint density at radius 3 is 0.758 bits per heavy atom. The van der Waals surface area contributed by atoms with E-state index in [1.807, 2.05) is 6.92 Å². The second kappa shape index (κ2) is 25.3. The summed E-state index contributed by atoms with van der Waals surface area (Å²) in [6, 6.07) is 0. The molecule has 0 aliphatic carbocycles. The first-order chi connectivity index (χ1) is 15.9. The van der Waals surface area contributed by atoms with Gasteiger partial charge in [0.2, 0.25) is 0 Å². The Balaban J connectivity index is 0. The molecule has 8 nitrogen and oxygen atoms in total. The average Bonchev–Trinajstić information content (AvgIpc) is 2.79. The van der Waals surface area contributed by atoms with Crippen LogP contribution < -0.4 is 0 Å². The highest BCUT2D eigenvalue weighted by Gasteiger charge is 2.26. The monoisotopic (exact) mass is 518 g/mol. The third-order valence-electron chi connectivity index (χ3n) is 4.19. The molecule has 202 valence electrons. The van der Waals surface area contributed by atoms with Gasteiger partial charge in [0, 0.05) is 0 Å². The molecule has 0 bridgehead atoms. The van der Waals surface area contributed by atoms with E-state index in [1.165, 1.54) is 0 Å². The molecule has 0 saturated carbocycles. The summed E-state index contributed by atoms with van der Waals surface area (Å²) in [5.74, 6) is 0. The van der Waals surface area contributed by atoms with Gasteiger partial charge in [-0.15, -0.1) is 0 Å². The minimum absolute atomic E-state index is 0.412. The van der Waals surface area contributed by atoms with E-state index in [0.29, 0.717) is 39.6 Å². The summed E-state index contributed by atoms with van der Waals surface area (Å²) in [6.07, 6.45) is 10.2. The zero-order valence-corrected chi connectivity index (χ0v) is 24.0. The fourth-order valence-electron chi connectivity index (χ4n) is 2.03. The zero-order chi connectivity index (χ0) is 25.3. The van der Waals surface area contributed by atoms with Crippen LogP contribution in [0.15, 0.2) is 0 Å². The van der Waals surface area contributed by atoms with Crippen LogP contribution in [0.1, 0.15) is 112 Å². The second-order valence-corrected chi connectivity index (χ2v) is 11.0. The van der Waals surface area contributed by atoms with E-state index in [9.17, 15) is 9.13 Å². The summed E-state index contributed by atoms with van der Waals surface area (Å²) in [5.41, 5.74) is 0. The predicted octanol–water partition coefficient (Wildman–Crippen LogP) is 8.70. The van der Waals surface area contributed by atoms with Gasteiger partial charge in [0.1, 0.15) is 0 Å². The Hall–Kier alpha value is 0.220. The van der Waals surface area contributed by atoms with Gasteiger partial charge in [0.05, 0.1) is 39.6 Å². The van der Waals surface area contributed by atoms with Crippen molar-refractivity contribution in [3.63, 3.8) is 0 Å². The Morgan fingerprint density at radius 2 is 0.576 bits per heavy atom. The van der Waals surface area contributed by atoms with E-state index >= 15 is 0 Å². The average molecular weight is 519 g/mol. The SMILES string of the molecule is CCCCOP(=O)(OCCC)OCCCC.CCCCOP(=O)(OCCCC)OCCCC. The Kier molecular flexibility index (Phi) is 27.1. The van der Waals surface area contributed by atoms with Crippen LogP contribution in [0, 0.1) is 0 Å². The van der Waals surface area contributed by atoms with Crippen LogP contribution in [0.5, 0.6) is 0 Å². The first-order valence-corrected chi connectivity index (χ1v) is 15.9. The largest absolute Gasteiger partial charge is 0.474 e. The molecule has 0 saturated heterocycles. The molecule has 0 amide bonds. The normalized spacial score (nSPS) is 11.9. The Morgan fingerprint density at radius 1 is 0.364 bits per heavy atom. The molecular weight excluding hydrogens is 466 g/mol. The molecular formula is C23H52O8P2. The highest BCUT2D eigenvalue weighted by molar-refractivity contribution is 7.48. The van der Waals surface area contributed by atoms with Crippen LogP contribution >= 0.6 is 15.6 Å². The van der Waals surface area contributed by atoms with Crippen molar-refractivity contribution in [2.75, 3.05) is 39.6 Å². The molecule has 10 heteroatoms. The summed E-state index contributed by atoms with van der Waals surface area (Å²) in [6.45, 7) is 14.8. The molecule has 0 aromatic carbocycles. The van der Waals surface area contributed by atoms with Gasteiger partial charge < -0.3 is 0 Å². The topological polar surface area (TPSA) is 89.5 Å². The van der Waals surface area contributed by atoms with E-state index in [2.05, 4.69) is 34.6 Å². The van der Waals surface area contributed by atoms with Gasteiger partial charge in [-0.1, -0.05) is 73.6 Å². The van der Waals surface area contributed by atoms with Crippen LogP contribution in [-0.2, 0) is 36.3 Å². The molecule has 0 N–H and O–H groups in total. The Labute approximate surface area is 204 Å². The van der Waals surface area contributed by atoms with E-state index in [1.54, 1.807) is 0 Å². The lowest BCUT2D eigenvalue weighted by Crippen LogP contribution is -2.03. The van der Waals surface area contributed by atoms with Crippen molar-refractivity contribution < 1.29 is 36.3 Å². The maximum Gasteiger partial charge on any atom is 0.474 e. The van der Waals surface area contributed by atoms with E-state index in [0.717, 1.165) is 70.6 Å². The van der Waals surface area contributed by atoms with Crippen molar-refractivity contribution >= 4 is 15.6 Å². The molecule has 0 unspecified atom stereocenters. The first-order valence-electron chi connectivity index (χ1n) is 12.9. The molecule has 0 aromatic heterocycles. The summed E-state index contributed by atoms with van der Waals surface area (Å²) >= 11 is 0. The molecule has 0 radical (unpaired) electrons. The highest BCUT2D eigenvalue weighted by Crippen LogP contribution is 2.50. The quantitative estimate of drug-likeness (QED) is 0.0980. The maximum atomic E-state index is 12.2. The molecule has 0 aliphatic rings. The minimum Gasteiger partial charge on any atom is -0.287 e. The van der Waals surface area contributed by atoms with Gasteiger partial charge in [0.25, 0.3) is 0 Å². The van der Waals surface area contributed by atoms with Gasteiger partial charge in [-0.2, -0.15) is 0 Å². The second-order valence-electron chi connectivity index (χ2n) is 7.66. The molecule has 0 fully saturated rings. The van der Waals surface area contributed by atoms with Crippen molar-refractivity contribution in [1.82, 2.24) is 0 Å². The lowest BCUT2D eigenvalue weighted by atomic mass is 10.4. The third-order valence-corrected chi connectivity index (χ3v) is 7.18. The predicted molar refractivity (Wildman–Crippen MR) is 136 cm³/mol. The van der Waals surface area contributed by atoms with Gasteiger partial charge >= 0.3 is 15.6 Å². The van der Waals surface area contributed by atoms with E-state index in [4.69, 9.17) is 27.1 Å². The fraction of sp³-hybridized carbons (Fsp3) is 1.00. The summed E-state index contributed by atoms with van der Waals surface area (Å²) in [5, 5.41) is 0. The first kappa shape index (κ1) is 35.4. The summed E-state index contributed by atoms with van der Waals surface area (Å²) in [4.78, 5) is 0. The van der Waals surface area contributed by atoms with Gasteiger partial charge in [-0.05, 0) is 38.5 Å². The van der Waals surface area contributed by atoms with Crippen molar-refractivity contribution in [2.24, 2.45) is 0 Å². The van der Waals surface area contributed by atoms with E-state index < -0.39 is 15.6 Å². The zero-order valence-electron chi connectivity index (χ0n) is 22.2. The number of phosphoric acid groups is 2. The number of phosphoric ester groups is 2. The molecule has 0 atom stereocenters. The highest BCUT2D eigenvalue weighted by atomic mass is 31.2. The van der Waals surface area contributed by atoms with Crippen molar-refractivity contribution in [3.05, 3.63) is 0 Å². The van der Waals surface area contributed by atoms with Crippen LogP contribution in [0.25, 0.3) is 0 Å². The van der Waals surface area contributed by atoms with E-state index in [-0.39, 0.29) is 0 Å². The number of rotatable bonds is 23. The van der Waals surface area contributed by atoms with Crippen LogP contribution in [0.3, 0.4) is 0 Å². The molecule has 0 spiro atoms. The van der Waals surface area contributed by atoms with Crippen molar-refractivity contribution in [3.8, 4) is 0 Å². The van der Waals surface area contributed by atoms with Crippen LogP contribution in [0.2, 0.25) is 0 Å². The molecule has 0 aliphatic heterocycles. The summed E-state index contributed by atoms with van der Waals surface area (Å²) in [7, 11) is -6.60. The molecule has 33 heavy (non-hydrogen) atoms. The number of hydrogen-bond donors (Lipinski definition) is 0. The molecule has 0 aromatic rings. The fourth-order valence-corrected chi connectivity index (χ4v) is 4.65. The van der Waals surface area contributed by atoms with Crippen LogP contribution in [0.4, 0.5) is 0 Å². The lowest BCUT2D eigenvalue weighted by molar-refractivity contribution is 0.109.